The maximum absolute atomic E-state index is 5.63. The third-order valence-corrected chi connectivity index (χ3v) is 2.65. The van der Waals surface area contributed by atoms with Crippen LogP contribution in [0, 0.1) is 0 Å². The number of rotatable bonds is 4. The first kappa shape index (κ1) is 11.1. The van der Waals surface area contributed by atoms with Crippen LogP contribution >= 0.6 is 11.6 Å². The van der Waals surface area contributed by atoms with E-state index in [-0.39, 0.29) is 0 Å². The van der Waals surface area contributed by atoms with Crippen molar-refractivity contribution in [2.45, 2.75) is 0 Å². The SMILES string of the molecule is COc1ccc2c(c1)nc(NCCCl)n2C. The number of alkyl halides is 1. The van der Waals surface area contributed by atoms with Gasteiger partial charge in [0.2, 0.25) is 5.95 Å². The second kappa shape index (κ2) is 4.61. The van der Waals surface area contributed by atoms with Crippen LogP contribution in [0.25, 0.3) is 11.0 Å². The molecule has 0 bridgehead atoms. The predicted octanol–water partition coefficient (Wildman–Crippen LogP) is 2.23. The van der Waals surface area contributed by atoms with Crippen molar-refractivity contribution < 1.29 is 4.74 Å². The van der Waals surface area contributed by atoms with Gasteiger partial charge in [-0.05, 0) is 12.1 Å². The summed E-state index contributed by atoms with van der Waals surface area (Å²) in [5.41, 5.74) is 1.98. The lowest BCUT2D eigenvalue weighted by Crippen LogP contribution is -2.07. The number of ether oxygens (including phenoxy) is 1. The fourth-order valence-corrected chi connectivity index (χ4v) is 1.72. The van der Waals surface area contributed by atoms with E-state index in [1.807, 2.05) is 29.8 Å². The quantitative estimate of drug-likeness (QED) is 0.832. The van der Waals surface area contributed by atoms with Crippen LogP contribution in [0.15, 0.2) is 18.2 Å². The minimum absolute atomic E-state index is 0.562. The molecule has 1 N–H and O–H groups in total. The van der Waals surface area contributed by atoms with E-state index < -0.39 is 0 Å². The standard InChI is InChI=1S/C11H14ClN3O/c1-15-10-4-3-8(16-2)7-9(10)14-11(15)13-6-5-12/h3-4,7H,5-6H2,1-2H3,(H,13,14). The Hall–Kier alpha value is -1.42. The monoisotopic (exact) mass is 239 g/mol. The van der Waals surface area contributed by atoms with Gasteiger partial charge in [-0.2, -0.15) is 0 Å². The van der Waals surface area contributed by atoms with Gasteiger partial charge in [-0.1, -0.05) is 0 Å². The fraction of sp³-hybridized carbons (Fsp3) is 0.364. The largest absolute Gasteiger partial charge is 0.497 e. The van der Waals surface area contributed by atoms with Crippen LogP contribution in [-0.2, 0) is 7.05 Å². The molecule has 0 spiro atoms. The Kier molecular flexibility index (Phi) is 3.19. The number of aromatic nitrogens is 2. The summed E-state index contributed by atoms with van der Waals surface area (Å²) in [4.78, 5) is 4.47. The smallest absolute Gasteiger partial charge is 0.203 e. The van der Waals surface area contributed by atoms with Gasteiger partial charge in [-0.25, -0.2) is 4.98 Å². The molecular weight excluding hydrogens is 226 g/mol. The lowest BCUT2D eigenvalue weighted by molar-refractivity contribution is 0.415. The molecule has 0 aliphatic rings. The number of benzene rings is 1. The first-order valence-corrected chi connectivity index (χ1v) is 5.60. The minimum atomic E-state index is 0.562. The number of fused-ring (bicyclic) bond motifs is 1. The maximum atomic E-state index is 5.63. The fourth-order valence-electron chi connectivity index (χ4n) is 1.62. The Morgan fingerprint density at radius 2 is 2.31 bits per heavy atom. The van der Waals surface area contributed by atoms with Crippen molar-refractivity contribution in [3.8, 4) is 5.75 Å². The molecule has 1 aromatic heterocycles. The van der Waals surface area contributed by atoms with Crippen LogP contribution in [0.2, 0.25) is 0 Å². The van der Waals surface area contributed by atoms with Crippen molar-refractivity contribution in [2.24, 2.45) is 7.05 Å². The molecule has 0 saturated carbocycles. The summed E-state index contributed by atoms with van der Waals surface area (Å²) in [7, 11) is 3.62. The van der Waals surface area contributed by atoms with E-state index in [2.05, 4.69) is 10.3 Å². The van der Waals surface area contributed by atoms with Gasteiger partial charge in [0.25, 0.3) is 0 Å². The molecule has 0 radical (unpaired) electrons. The Balaban J connectivity index is 2.41. The van der Waals surface area contributed by atoms with Gasteiger partial charge >= 0.3 is 0 Å². The highest BCUT2D eigenvalue weighted by Gasteiger charge is 2.07. The average molecular weight is 240 g/mol. The number of methoxy groups -OCH3 is 1. The second-order valence-corrected chi connectivity index (χ2v) is 3.84. The van der Waals surface area contributed by atoms with Crippen molar-refractivity contribution in [3.63, 3.8) is 0 Å². The summed E-state index contributed by atoms with van der Waals surface area (Å²) in [5, 5.41) is 3.17. The highest BCUT2D eigenvalue weighted by atomic mass is 35.5. The molecule has 0 atom stereocenters. The normalized spacial score (nSPS) is 10.7. The van der Waals surface area contributed by atoms with Gasteiger partial charge < -0.3 is 14.6 Å². The number of hydrogen-bond donors (Lipinski definition) is 1. The summed E-state index contributed by atoms with van der Waals surface area (Å²) in [5.74, 6) is 2.20. The zero-order valence-electron chi connectivity index (χ0n) is 9.33. The van der Waals surface area contributed by atoms with Crippen molar-refractivity contribution in [1.82, 2.24) is 9.55 Å². The first-order valence-electron chi connectivity index (χ1n) is 5.06. The molecule has 0 aliphatic carbocycles. The van der Waals surface area contributed by atoms with Crippen molar-refractivity contribution in [3.05, 3.63) is 18.2 Å². The van der Waals surface area contributed by atoms with Gasteiger partial charge in [0, 0.05) is 25.5 Å². The Labute approximate surface area is 99.2 Å². The van der Waals surface area contributed by atoms with Crippen LogP contribution < -0.4 is 10.1 Å². The molecule has 5 heteroatoms. The van der Waals surface area contributed by atoms with Gasteiger partial charge in [0.05, 0.1) is 18.1 Å². The number of imidazole rings is 1. The number of halogens is 1. The van der Waals surface area contributed by atoms with Gasteiger partial charge in [0.15, 0.2) is 0 Å². The van der Waals surface area contributed by atoms with Crippen LogP contribution in [0.3, 0.4) is 0 Å². The van der Waals surface area contributed by atoms with E-state index in [0.29, 0.717) is 12.4 Å². The summed E-state index contributed by atoms with van der Waals surface area (Å²) < 4.78 is 7.16. The van der Waals surface area contributed by atoms with Crippen molar-refractivity contribution in [2.75, 3.05) is 24.9 Å². The zero-order valence-corrected chi connectivity index (χ0v) is 10.1. The molecule has 2 rings (SSSR count). The third-order valence-electron chi connectivity index (χ3n) is 2.47. The Bertz CT molecular complexity index is 495. The van der Waals surface area contributed by atoms with E-state index in [0.717, 1.165) is 22.7 Å². The molecule has 1 aromatic carbocycles. The lowest BCUT2D eigenvalue weighted by Gasteiger charge is -2.03. The van der Waals surface area contributed by atoms with Gasteiger partial charge in [-0.15, -0.1) is 11.6 Å². The second-order valence-electron chi connectivity index (χ2n) is 3.46. The minimum Gasteiger partial charge on any atom is -0.497 e. The van der Waals surface area contributed by atoms with Crippen molar-refractivity contribution in [1.29, 1.82) is 0 Å². The maximum Gasteiger partial charge on any atom is 0.203 e. The molecule has 2 aromatic rings. The number of hydrogen-bond acceptors (Lipinski definition) is 3. The predicted molar refractivity (Wildman–Crippen MR) is 66.5 cm³/mol. The molecular formula is C11H14ClN3O. The highest BCUT2D eigenvalue weighted by molar-refractivity contribution is 6.18. The number of anilines is 1. The zero-order chi connectivity index (χ0) is 11.5. The van der Waals surface area contributed by atoms with Crippen LogP contribution in [0.1, 0.15) is 0 Å². The number of nitrogens with one attached hydrogen (secondary N) is 1. The van der Waals surface area contributed by atoms with Crippen molar-refractivity contribution >= 4 is 28.6 Å². The van der Waals surface area contributed by atoms with Crippen LogP contribution in [0.5, 0.6) is 5.75 Å². The number of aryl methyl sites for hydroxylation is 1. The summed E-state index contributed by atoms with van der Waals surface area (Å²) >= 11 is 5.63. The van der Waals surface area contributed by atoms with Crippen LogP contribution in [-0.4, -0.2) is 29.1 Å². The average Bonchev–Trinajstić information content (AvgIpc) is 2.63. The summed E-state index contributed by atoms with van der Waals surface area (Å²) in [6, 6.07) is 5.84. The van der Waals surface area contributed by atoms with Crippen LogP contribution in [0.4, 0.5) is 5.95 Å². The Morgan fingerprint density at radius 1 is 1.50 bits per heavy atom. The molecule has 0 aliphatic heterocycles. The van der Waals surface area contributed by atoms with E-state index in [9.17, 15) is 0 Å². The molecule has 0 unspecified atom stereocenters. The molecule has 4 nitrogen and oxygen atoms in total. The van der Waals surface area contributed by atoms with E-state index in [1.165, 1.54) is 0 Å². The van der Waals surface area contributed by atoms with Gasteiger partial charge in [0.1, 0.15) is 5.75 Å². The van der Waals surface area contributed by atoms with E-state index in [4.69, 9.17) is 16.3 Å². The third kappa shape index (κ3) is 1.93. The molecule has 1 heterocycles. The molecule has 86 valence electrons. The molecule has 0 fully saturated rings. The topological polar surface area (TPSA) is 39.1 Å². The first-order chi connectivity index (χ1) is 7.76. The summed E-state index contributed by atoms with van der Waals surface area (Å²) in [6.07, 6.45) is 0. The molecule has 0 saturated heterocycles. The number of nitrogens with zero attached hydrogens (tertiary/aromatic N) is 2. The van der Waals surface area contributed by atoms with Gasteiger partial charge in [-0.3, -0.25) is 0 Å². The summed E-state index contributed by atoms with van der Waals surface area (Å²) in [6.45, 7) is 0.704. The van der Waals surface area contributed by atoms with E-state index >= 15 is 0 Å². The highest BCUT2D eigenvalue weighted by Crippen LogP contribution is 2.22. The Morgan fingerprint density at radius 3 is 3.00 bits per heavy atom. The molecule has 16 heavy (non-hydrogen) atoms. The molecule has 0 amide bonds. The van der Waals surface area contributed by atoms with E-state index in [1.54, 1.807) is 7.11 Å². The lowest BCUT2D eigenvalue weighted by atomic mass is 10.3.